The summed E-state index contributed by atoms with van der Waals surface area (Å²) in [5.41, 5.74) is 14.0. The average molecular weight is 823 g/mol. The topological polar surface area (TPSA) is 62.5 Å². The molecule has 9 aromatic rings. The summed E-state index contributed by atoms with van der Waals surface area (Å²) in [6.07, 6.45) is 7.66. The van der Waals surface area contributed by atoms with Crippen LogP contribution in [-0.2, 0) is 10.8 Å². The molecule has 13 rings (SSSR count). The minimum atomic E-state index is 0.160. The second-order valence-electron chi connectivity index (χ2n) is 18.8. The van der Waals surface area contributed by atoms with E-state index in [-0.39, 0.29) is 10.8 Å². The Morgan fingerprint density at radius 3 is 1.31 bits per heavy atom. The summed E-state index contributed by atoms with van der Waals surface area (Å²) in [6.45, 7) is 0. The van der Waals surface area contributed by atoms with E-state index >= 15 is 0 Å². The quantitative estimate of drug-likeness (QED) is 0.153. The summed E-state index contributed by atoms with van der Waals surface area (Å²) in [7, 11) is 0. The molecule has 4 nitrogen and oxygen atoms in total. The van der Waals surface area contributed by atoms with Gasteiger partial charge in [-0.2, -0.15) is 5.26 Å². The average Bonchev–Trinajstić information content (AvgIpc) is 3.36. The first-order valence-electron chi connectivity index (χ1n) is 22.7. The van der Waals surface area contributed by atoms with Crippen LogP contribution in [0.25, 0.3) is 78.3 Å². The van der Waals surface area contributed by atoms with Crippen molar-refractivity contribution >= 4 is 10.8 Å². The monoisotopic (exact) mass is 822 g/mol. The predicted molar refractivity (Wildman–Crippen MR) is 259 cm³/mol. The Bertz CT molecular complexity index is 3120. The van der Waals surface area contributed by atoms with E-state index in [1.54, 1.807) is 0 Å². The second kappa shape index (κ2) is 15.4. The normalized spacial score (nSPS) is 20.9. The Morgan fingerprint density at radius 2 is 0.781 bits per heavy atom. The van der Waals surface area contributed by atoms with Crippen molar-refractivity contribution in [3.8, 4) is 73.6 Å². The maximum atomic E-state index is 9.37. The number of hydrogen-bond donors (Lipinski definition) is 0. The van der Waals surface area contributed by atoms with Crippen LogP contribution in [0.2, 0.25) is 0 Å². The van der Waals surface area contributed by atoms with Crippen molar-refractivity contribution in [2.24, 2.45) is 11.8 Å². The van der Waals surface area contributed by atoms with Crippen LogP contribution in [0.4, 0.5) is 0 Å². The van der Waals surface area contributed by atoms with Crippen LogP contribution in [-0.4, -0.2) is 15.0 Å². The molecule has 0 amide bonds. The minimum absolute atomic E-state index is 0.160. The van der Waals surface area contributed by atoms with Crippen LogP contribution in [0.1, 0.15) is 55.2 Å². The van der Waals surface area contributed by atoms with Gasteiger partial charge >= 0.3 is 0 Å². The molecule has 4 heteroatoms. The van der Waals surface area contributed by atoms with Gasteiger partial charge in [0.15, 0.2) is 17.5 Å². The summed E-state index contributed by atoms with van der Waals surface area (Å²) in [5.74, 6) is 3.49. The van der Waals surface area contributed by atoms with Gasteiger partial charge in [0.2, 0.25) is 0 Å². The Morgan fingerprint density at radius 1 is 0.375 bits per heavy atom. The summed E-state index contributed by atoms with van der Waals surface area (Å²) in [4.78, 5) is 15.6. The lowest BCUT2D eigenvalue weighted by molar-refractivity contribution is -0.0281. The lowest BCUT2D eigenvalue weighted by atomic mass is 9.41. The fourth-order valence-corrected chi connectivity index (χ4v) is 12.1. The maximum absolute atomic E-state index is 9.37. The van der Waals surface area contributed by atoms with Gasteiger partial charge in [-0.1, -0.05) is 164 Å². The van der Waals surface area contributed by atoms with Crippen LogP contribution in [0, 0.1) is 23.2 Å². The molecule has 2 unspecified atom stereocenters. The molecule has 0 saturated heterocycles. The van der Waals surface area contributed by atoms with Crippen molar-refractivity contribution in [3.63, 3.8) is 0 Å². The highest BCUT2D eigenvalue weighted by Crippen LogP contribution is 2.66. The molecule has 0 radical (unpaired) electrons. The number of nitrogens with zero attached hydrogens (tertiary/aromatic N) is 4. The van der Waals surface area contributed by atoms with E-state index in [9.17, 15) is 5.26 Å². The van der Waals surface area contributed by atoms with Crippen LogP contribution in [0.3, 0.4) is 0 Å². The Kier molecular flexibility index (Phi) is 9.20. The maximum Gasteiger partial charge on any atom is 0.164 e. The highest BCUT2D eigenvalue weighted by atomic mass is 15.0. The Hall–Kier alpha value is -7.48. The highest BCUT2D eigenvalue weighted by Gasteiger charge is 2.58. The molecular weight excluding hydrogens is 777 g/mol. The molecule has 4 aliphatic carbocycles. The second-order valence-corrected chi connectivity index (χ2v) is 18.8. The zero-order valence-corrected chi connectivity index (χ0v) is 35.7. The van der Waals surface area contributed by atoms with E-state index < -0.39 is 0 Å². The third kappa shape index (κ3) is 6.89. The Balaban J connectivity index is 0.876. The first-order chi connectivity index (χ1) is 31.5. The molecule has 8 aromatic carbocycles. The lowest BCUT2D eigenvalue weighted by Crippen LogP contribution is -2.55. The fraction of sp³-hybridized carbons (Fsp3) is 0.167. The molecule has 4 aliphatic rings. The molecule has 0 N–H and O–H groups in total. The number of nitriles is 1. The van der Waals surface area contributed by atoms with Crippen molar-refractivity contribution < 1.29 is 0 Å². The van der Waals surface area contributed by atoms with Crippen molar-refractivity contribution in [2.45, 2.75) is 49.4 Å². The minimum Gasteiger partial charge on any atom is -0.208 e. The van der Waals surface area contributed by atoms with E-state index in [4.69, 9.17) is 15.0 Å². The predicted octanol–water partition coefficient (Wildman–Crippen LogP) is 14.7. The van der Waals surface area contributed by atoms with Gasteiger partial charge in [0.05, 0.1) is 11.6 Å². The van der Waals surface area contributed by atoms with Gasteiger partial charge in [-0.05, 0) is 147 Å². The van der Waals surface area contributed by atoms with E-state index in [0.717, 1.165) is 61.6 Å². The van der Waals surface area contributed by atoms with Gasteiger partial charge in [0, 0.05) is 16.7 Å². The number of fused-ring (bicyclic) bond motifs is 1. The number of hydrogen-bond acceptors (Lipinski definition) is 4. The smallest absolute Gasteiger partial charge is 0.164 e. The Labute approximate surface area is 375 Å². The number of aromatic nitrogens is 3. The van der Waals surface area contributed by atoms with Gasteiger partial charge in [0.1, 0.15) is 0 Å². The van der Waals surface area contributed by atoms with Gasteiger partial charge in [-0.3, -0.25) is 0 Å². The third-order valence-electron chi connectivity index (χ3n) is 14.7. The van der Waals surface area contributed by atoms with E-state index in [1.807, 2.05) is 12.1 Å². The molecule has 2 atom stereocenters. The summed E-state index contributed by atoms with van der Waals surface area (Å²) < 4.78 is 0. The molecule has 64 heavy (non-hydrogen) atoms. The molecule has 306 valence electrons. The van der Waals surface area contributed by atoms with Gasteiger partial charge in [-0.15, -0.1) is 0 Å². The van der Waals surface area contributed by atoms with Crippen LogP contribution in [0.5, 0.6) is 0 Å². The van der Waals surface area contributed by atoms with Crippen molar-refractivity contribution in [3.05, 3.63) is 211 Å². The summed E-state index contributed by atoms with van der Waals surface area (Å²) in [5, 5.41) is 11.6. The van der Waals surface area contributed by atoms with Crippen LogP contribution in [0.15, 0.2) is 194 Å². The molecule has 4 fully saturated rings. The van der Waals surface area contributed by atoms with Crippen molar-refractivity contribution in [1.29, 1.82) is 5.26 Å². The third-order valence-corrected chi connectivity index (χ3v) is 14.7. The van der Waals surface area contributed by atoms with E-state index in [1.165, 1.54) is 60.8 Å². The van der Waals surface area contributed by atoms with Gasteiger partial charge in [-0.25, -0.2) is 15.0 Å². The van der Waals surface area contributed by atoms with E-state index in [0.29, 0.717) is 23.0 Å². The standard InChI is InChI=1S/C60H46N4/c61-38-40-17-18-51-31-50(20-19-49(51)30-40)45-21-25-54(26-22-45)59-34-41-29-42(35-59)37-60(36-41,39-59)55-27-23-46(24-28-55)56-62-57(52-15-7-13-47(32-52)43-9-3-1-4-10-43)64-58(63-56)53-16-8-14-48(33-53)44-11-5-2-6-12-44/h1-28,30-33,41-42H,29,34-37,39H2. The number of benzene rings is 8. The summed E-state index contributed by atoms with van der Waals surface area (Å²) >= 11 is 0. The highest BCUT2D eigenvalue weighted by molar-refractivity contribution is 5.88. The van der Waals surface area contributed by atoms with E-state index in [2.05, 4.69) is 188 Å². The van der Waals surface area contributed by atoms with Crippen molar-refractivity contribution in [1.82, 2.24) is 15.0 Å². The molecular formula is C60H46N4. The van der Waals surface area contributed by atoms with Crippen LogP contribution >= 0.6 is 0 Å². The molecule has 4 saturated carbocycles. The zero-order valence-electron chi connectivity index (χ0n) is 35.7. The lowest BCUT2D eigenvalue weighted by Gasteiger charge is -2.63. The van der Waals surface area contributed by atoms with Crippen molar-refractivity contribution in [2.75, 3.05) is 0 Å². The summed E-state index contributed by atoms with van der Waals surface area (Å²) in [6, 6.07) is 71.7. The molecule has 4 bridgehead atoms. The first kappa shape index (κ1) is 38.2. The molecule has 0 aliphatic heterocycles. The largest absolute Gasteiger partial charge is 0.208 e. The fourth-order valence-electron chi connectivity index (χ4n) is 12.1. The van der Waals surface area contributed by atoms with Gasteiger partial charge < -0.3 is 0 Å². The SMILES string of the molecule is N#Cc1ccc2cc(-c3ccc(C45CC6CC(C4)CC(c4ccc(-c7nc(-c8cccc(-c9ccccc9)c8)nc(-c8cccc(-c9ccccc9)c8)n7)cc4)(C6)C5)cc3)ccc2c1. The first-order valence-corrected chi connectivity index (χ1v) is 22.7. The molecule has 0 spiro atoms. The zero-order chi connectivity index (χ0) is 42.7. The van der Waals surface area contributed by atoms with Gasteiger partial charge in [0.25, 0.3) is 0 Å². The molecule has 1 heterocycles. The molecule has 1 aromatic heterocycles. The number of rotatable bonds is 8. The van der Waals surface area contributed by atoms with Crippen LogP contribution < -0.4 is 0 Å².